The van der Waals surface area contributed by atoms with Crippen LogP contribution < -0.4 is 15.9 Å². The first-order valence-electron chi connectivity index (χ1n) is 17.1. The van der Waals surface area contributed by atoms with E-state index < -0.39 is 7.26 Å². The summed E-state index contributed by atoms with van der Waals surface area (Å²) in [6.07, 6.45) is 8.91. The summed E-state index contributed by atoms with van der Waals surface area (Å²) in [4.78, 5) is 0. The molecule has 1 aliphatic heterocycles. The topological polar surface area (TPSA) is 9.23 Å². The van der Waals surface area contributed by atoms with Gasteiger partial charge in [-0.1, -0.05) is 6.08 Å². The first-order valence-corrected chi connectivity index (χ1v) is 20.2. The SMILES string of the molecule is CC=C1COCC1=CC(=C([C]#[Os])[P+](c1ccccc1)(c1ccccc1)c1ccccc1)c1cc2ccc3cc(/C=C/C)cc4ccc(c1)c2c34. The number of rotatable bonds is 7. The summed E-state index contributed by atoms with van der Waals surface area (Å²) in [5.74, 6) is 0. The van der Waals surface area contributed by atoms with Crippen LogP contribution in [0, 0.1) is 4.37 Å². The van der Waals surface area contributed by atoms with Crippen LogP contribution in [0.2, 0.25) is 0 Å². The van der Waals surface area contributed by atoms with Crippen LogP contribution >= 0.6 is 7.26 Å². The summed E-state index contributed by atoms with van der Waals surface area (Å²) in [6, 6.07) is 52.0. The van der Waals surface area contributed by atoms with Crippen molar-refractivity contribution in [3.63, 3.8) is 0 Å². The van der Waals surface area contributed by atoms with Gasteiger partial charge < -0.3 is 0 Å². The number of allylic oxidation sites excluding steroid dienone is 5. The van der Waals surface area contributed by atoms with Crippen molar-refractivity contribution in [2.75, 3.05) is 13.2 Å². The Balaban J connectivity index is 1.51. The molecule has 7 aromatic carbocycles. The number of benzene rings is 7. The molecule has 8 rings (SSSR count). The average Bonchev–Trinajstić information content (AvgIpc) is 3.63. The van der Waals surface area contributed by atoms with Crippen LogP contribution in [0.3, 0.4) is 0 Å². The summed E-state index contributed by atoms with van der Waals surface area (Å²) in [5.41, 5.74) is 6.11. The van der Waals surface area contributed by atoms with Gasteiger partial charge in [-0.15, -0.1) is 0 Å². The molecule has 1 saturated heterocycles. The van der Waals surface area contributed by atoms with Crippen molar-refractivity contribution >= 4 is 67.1 Å². The molecule has 50 heavy (non-hydrogen) atoms. The van der Waals surface area contributed by atoms with Gasteiger partial charge in [0.25, 0.3) is 0 Å². The summed E-state index contributed by atoms with van der Waals surface area (Å²) in [7, 11) is -2.45. The fourth-order valence-electron chi connectivity index (χ4n) is 7.70. The van der Waals surface area contributed by atoms with Crippen LogP contribution in [0.5, 0.6) is 0 Å². The van der Waals surface area contributed by atoms with Crippen molar-refractivity contribution in [2.45, 2.75) is 13.8 Å². The Bertz CT molecular complexity index is 2360. The van der Waals surface area contributed by atoms with Crippen molar-refractivity contribution in [3.05, 3.63) is 185 Å². The zero-order chi connectivity index (χ0) is 34.1. The van der Waals surface area contributed by atoms with E-state index in [0.29, 0.717) is 13.2 Å². The van der Waals surface area contributed by atoms with Gasteiger partial charge in [0.1, 0.15) is 0 Å². The van der Waals surface area contributed by atoms with Crippen LogP contribution in [0.25, 0.3) is 44.0 Å². The standard InChI is InChI=1S/C47H37OP.Os/c1-4-15-34-26-36-22-24-38-28-40(29-39-25-23-37(27-34)46(36)47(38)39)45(30-41-32-48-31-35(41)5-2)33(3)49(42-16-9-6-10-17-42,43-18-11-7-12-19-43)44-20-13-8-14-21-44;/h4-30H,31-32H2,1-2H3;/q+1;/b15-4+,35-5?,41-30?,45-33?;. The molecular formula is C47H37OOsP+. The molecular weight excluding hydrogens is 802 g/mol. The van der Waals surface area contributed by atoms with E-state index >= 15 is 0 Å². The zero-order valence-electron chi connectivity index (χ0n) is 28.2. The van der Waals surface area contributed by atoms with Crippen molar-refractivity contribution in [1.29, 1.82) is 0 Å². The van der Waals surface area contributed by atoms with Gasteiger partial charge in [-0.05, 0) is 6.92 Å². The summed E-state index contributed by atoms with van der Waals surface area (Å²) >= 11 is 1.84. The van der Waals surface area contributed by atoms with Crippen LogP contribution in [-0.2, 0) is 22.7 Å². The van der Waals surface area contributed by atoms with E-state index in [1.165, 1.54) is 81.4 Å². The minimum absolute atomic E-state index is 0.596. The average molecular weight is 839 g/mol. The van der Waals surface area contributed by atoms with Crippen LogP contribution in [-0.4, -0.2) is 13.2 Å². The Morgan fingerprint density at radius 3 is 1.52 bits per heavy atom. The molecule has 1 heterocycles. The molecule has 243 valence electrons. The fraction of sp³-hybridized carbons (Fsp3) is 0.0851. The Labute approximate surface area is 305 Å². The third kappa shape index (κ3) is 5.55. The van der Waals surface area contributed by atoms with Crippen molar-refractivity contribution < 1.29 is 22.7 Å². The molecule has 0 radical (unpaired) electrons. The Kier molecular flexibility index (Phi) is 9.07. The minimum atomic E-state index is -2.45. The number of hydrogen-bond donors (Lipinski definition) is 0. The summed E-state index contributed by atoms with van der Waals surface area (Å²) in [5, 5.41) is 12.9. The monoisotopic (exact) mass is 840 g/mol. The van der Waals surface area contributed by atoms with Crippen LogP contribution in [0.1, 0.15) is 25.0 Å². The molecule has 1 nitrogen and oxygen atoms in total. The predicted molar refractivity (Wildman–Crippen MR) is 213 cm³/mol. The second-order valence-corrected chi connectivity index (χ2v) is 16.7. The van der Waals surface area contributed by atoms with Crippen LogP contribution in [0.15, 0.2) is 174 Å². The molecule has 1 fully saturated rings. The first-order chi connectivity index (χ1) is 24.6. The molecule has 0 atom stereocenters. The molecule has 7 aromatic rings. The van der Waals surface area contributed by atoms with Gasteiger partial charge >= 0.3 is 294 Å². The fourth-order valence-corrected chi connectivity index (χ4v) is 13.5. The van der Waals surface area contributed by atoms with Gasteiger partial charge in [-0.3, -0.25) is 0 Å². The molecule has 0 bridgehead atoms. The van der Waals surface area contributed by atoms with E-state index in [1.807, 2.05) is 17.9 Å². The quantitative estimate of drug-likeness (QED) is 0.115. The molecule has 0 spiro atoms. The third-order valence-corrected chi connectivity index (χ3v) is 15.3. The molecule has 0 amide bonds. The Morgan fingerprint density at radius 2 is 1.08 bits per heavy atom. The first kappa shape index (κ1) is 32.5. The second-order valence-electron chi connectivity index (χ2n) is 12.8. The van der Waals surface area contributed by atoms with Gasteiger partial charge in [0.05, 0.1) is 0 Å². The predicted octanol–water partition coefficient (Wildman–Crippen LogP) is 10.7. The molecule has 0 N–H and O–H groups in total. The molecule has 3 heteroatoms. The van der Waals surface area contributed by atoms with Gasteiger partial charge in [-0.25, -0.2) is 0 Å². The molecule has 0 unspecified atom stereocenters. The van der Waals surface area contributed by atoms with Crippen molar-refractivity contribution in [1.82, 2.24) is 0 Å². The van der Waals surface area contributed by atoms with E-state index in [1.54, 1.807) is 0 Å². The van der Waals surface area contributed by atoms with E-state index in [-0.39, 0.29) is 0 Å². The van der Waals surface area contributed by atoms with E-state index in [4.69, 9.17) is 4.74 Å². The number of hydrogen-bond acceptors (Lipinski definition) is 1. The van der Waals surface area contributed by atoms with Crippen molar-refractivity contribution in [2.24, 2.45) is 0 Å². The van der Waals surface area contributed by atoms with Gasteiger partial charge in [0.2, 0.25) is 0 Å². The molecule has 1 aliphatic rings. The summed E-state index contributed by atoms with van der Waals surface area (Å²) < 4.78 is 9.98. The van der Waals surface area contributed by atoms with Gasteiger partial charge in [0, 0.05) is 0 Å². The summed E-state index contributed by atoms with van der Waals surface area (Å²) in [6.45, 7) is 5.43. The van der Waals surface area contributed by atoms with E-state index in [0.717, 1.165) is 0 Å². The maximum atomic E-state index is 6.06. The zero-order valence-corrected chi connectivity index (χ0v) is 31.6. The van der Waals surface area contributed by atoms with Gasteiger partial charge in [-0.2, -0.15) is 0 Å². The van der Waals surface area contributed by atoms with Gasteiger partial charge in [0.15, 0.2) is 0 Å². The van der Waals surface area contributed by atoms with E-state index in [2.05, 4.69) is 182 Å². The maximum absolute atomic E-state index is 6.06. The molecule has 0 saturated carbocycles. The normalized spacial score (nSPS) is 15.9. The second kappa shape index (κ2) is 13.9. The van der Waals surface area contributed by atoms with Crippen LogP contribution in [0.4, 0.5) is 0 Å². The Morgan fingerprint density at radius 1 is 0.620 bits per heavy atom. The molecule has 0 aliphatic carbocycles. The number of ether oxygens (including phenoxy) is 1. The van der Waals surface area contributed by atoms with E-state index in [9.17, 15) is 0 Å². The molecule has 0 aromatic heterocycles. The Hall–Kier alpha value is -4.65. The van der Waals surface area contributed by atoms with Crippen molar-refractivity contribution in [3.8, 4) is 4.37 Å². The third-order valence-electron chi connectivity index (χ3n) is 9.93.